The molecule has 29 heavy (non-hydrogen) atoms. The molecule has 2 saturated carbocycles. The summed E-state index contributed by atoms with van der Waals surface area (Å²) in [5.74, 6) is 1.24. The SMILES string of the molecule is O=C(Nc1cccc(F)c1)N1C[C@H]2C[C@H](OCC3CC3)[C@@H](n3cccn3)C[C@H]2C1. The molecule has 1 N–H and O–H groups in total. The van der Waals surface area contributed by atoms with Crippen LogP contribution in [0.1, 0.15) is 31.7 Å². The van der Waals surface area contributed by atoms with Crippen LogP contribution in [0.15, 0.2) is 42.7 Å². The molecule has 2 amide bonds. The van der Waals surface area contributed by atoms with Gasteiger partial charge in [0.2, 0.25) is 0 Å². The van der Waals surface area contributed by atoms with Gasteiger partial charge in [-0.05, 0) is 67.7 Å². The largest absolute Gasteiger partial charge is 0.376 e. The zero-order valence-electron chi connectivity index (χ0n) is 16.4. The molecule has 2 aliphatic carbocycles. The number of likely N-dealkylation sites (tertiary alicyclic amines) is 1. The van der Waals surface area contributed by atoms with Crippen LogP contribution < -0.4 is 5.32 Å². The van der Waals surface area contributed by atoms with Gasteiger partial charge in [-0.2, -0.15) is 5.10 Å². The van der Waals surface area contributed by atoms with Crippen molar-refractivity contribution in [3.63, 3.8) is 0 Å². The molecule has 4 atom stereocenters. The summed E-state index contributed by atoms with van der Waals surface area (Å²) in [5, 5.41) is 7.30. The van der Waals surface area contributed by atoms with Crippen molar-refractivity contribution in [2.24, 2.45) is 17.8 Å². The predicted molar refractivity (Wildman–Crippen MR) is 107 cm³/mol. The Balaban J connectivity index is 1.25. The second kappa shape index (κ2) is 7.78. The summed E-state index contributed by atoms with van der Waals surface area (Å²) in [7, 11) is 0. The first-order chi connectivity index (χ1) is 14.2. The van der Waals surface area contributed by atoms with Crippen LogP contribution in [0.5, 0.6) is 0 Å². The van der Waals surface area contributed by atoms with Crippen molar-refractivity contribution >= 4 is 11.7 Å². The molecule has 1 aromatic carbocycles. The summed E-state index contributed by atoms with van der Waals surface area (Å²) in [5.41, 5.74) is 0.491. The topological polar surface area (TPSA) is 59.4 Å². The van der Waals surface area contributed by atoms with Crippen LogP contribution in [0.25, 0.3) is 0 Å². The number of nitrogens with one attached hydrogen (secondary N) is 1. The van der Waals surface area contributed by atoms with E-state index in [9.17, 15) is 9.18 Å². The number of amides is 2. The molecule has 0 unspecified atom stereocenters. The van der Waals surface area contributed by atoms with E-state index in [4.69, 9.17) is 4.74 Å². The Labute approximate surface area is 170 Å². The van der Waals surface area contributed by atoms with Gasteiger partial charge in [0.05, 0.1) is 12.1 Å². The number of rotatable bonds is 5. The molecule has 0 bridgehead atoms. The highest BCUT2D eigenvalue weighted by atomic mass is 19.1. The molecule has 1 aliphatic heterocycles. The molecule has 0 radical (unpaired) electrons. The standard InChI is InChI=1S/C22H27FN4O2/c23-18-3-1-4-19(11-18)25-22(28)26-12-16-9-20(27-8-2-7-24-27)21(10-17(16)13-26)29-14-15-5-6-15/h1-4,7-8,11,15-17,20-21H,5-6,9-10,12-14H2,(H,25,28)/t16-,17+,20-,21-/m0/s1. The zero-order valence-corrected chi connectivity index (χ0v) is 16.4. The van der Waals surface area contributed by atoms with E-state index >= 15 is 0 Å². The number of hydrogen-bond donors (Lipinski definition) is 1. The molecule has 0 spiro atoms. The number of urea groups is 1. The van der Waals surface area contributed by atoms with Gasteiger partial charge in [0.25, 0.3) is 0 Å². The van der Waals surface area contributed by atoms with E-state index in [0.717, 1.165) is 38.5 Å². The minimum atomic E-state index is -0.351. The summed E-state index contributed by atoms with van der Waals surface area (Å²) in [4.78, 5) is 14.6. The van der Waals surface area contributed by atoms with E-state index in [1.807, 2.05) is 28.0 Å². The number of carbonyl (C=O) groups excluding carboxylic acids is 1. The molecule has 3 aliphatic rings. The average molecular weight is 398 g/mol. The Kier molecular flexibility index (Phi) is 4.99. The summed E-state index contributed by atoms with van der Waals surface area (Å²) in [6, 6.07) is 8.04. The number of halogens is 1. The third-order valence-electron chi connectivity index (χ3n) is 6.56. The van der Waals surface area contributed by atoms with Crippen molar-refractivity contribution in [1.82, 2.24) is 14.7 Å². The first-order valence-electron chi connectivity index (χ1n) is 10.6. The van der Waals surface area contributed by atoms with E-state index in [1.165, 1.54) is 25.0 Å². The molecule has 3 fully saturated rings. The second-order valence-corrected chi connectivity index (χ2v) is 8.71. The first kappa shape index (κ1) is 18.6. The average Bonchev–Trinajstić information content (AvgIpc) is 3.20. The fraction of sp³-hybridized carbons (Fsp3) is 0.545. The van der Waals surface area contributed by atoms with E-state index < -0.39 is 0 Å². The van der Waals surface area contributed by atoms with Crippen molar-refractivity contribution in [3.8, 4) is 0 Å². The lowest BCUT2D eigenvalue weighted by Gasteiger charge is -2.37. The highest BCUT2D eigenvalue weighted by molar-refractivity contribution is 5.89. The minimum Gasteiger partial charge on any atom is -0.376 e. The van der Waals surface area contributed by atoms with Crippen molar-refractivity contribution in [1.29, 1.82) is 0 Å². The molecular formula is C22H27FN4O2. The molecule has 5 rings (SSSR count). The number of ether oxygens (including phenoxy) is 1. The number of carbonyl (C=O) groups is 1. The number of fused-ring (bicyclic) bond motifs is 1. The van der Waals surface area contributed by atoms with Gasteiger partial charge in [-0.25, -0.2) is 9.18 Å². The normalized spacial score (nSPS) is 28.9. The summed E-state index contributed by atoms with van der Waals surface area (Å²) in [6.07, 6.45) is 8.44. The molecule has 1 saturated heterocycles. The Morgan fingerprint density at radius 3 is 2.76 bits per heavy atom. The maximum Gasteiger partial charge on any atom is 0.321 e. The summed E-state index contributed by atoms with van der Waals surface area (Å²) < 4.78 is 21.8. The fourth-order valence-electron chi connectivity index (χ4n) is 4.80. The first-order valence-corrected chi connectivity index (χ1v) is 10.6. The van der Waals surface area contributed by atoms with Crippen molar-refractivity contribution in [3.05, 3.63) is 48.5 Å². The number of aromatic nitrogens is 2. The molecular weight excluding hydrogens is 371 g/mol. The quantitative estimate of drug-likeness (QED) is 0.830. The maximum absolute atomic E-state index is 13.4. The van der Waals surface area contributed by atoms with Crippen LogP contribution >= 0.6 is 0 Å². The Hall–Kier alpha value is -2.41. The zero-order chi connectivity index (χ0) is 19.8. The smallest absolute Gasteiger partial charge is 0.321 e. The maximum atomic E-state index is 13.4. The van der Waals surface area contributed by atoms with Crippen LogP contribution in [0.3, 0.4) is 0 Å². The lowest BCUT2D eigenvalue weighted by atomic mass is 9.77. The van der Waals surface area contributed by atoms with Gasteiger partial charge in [0.1, 0.15) is 5.82 Å². The van der Waals surface area contributed by atoms with Gasteiger partial charge in [0.15, 0.2) is 0 Å². The summed E-state index contributed by atoms with van der Waals surface area (Å²) >= 11 is 0. The van der Waals surface area contributed by atoms with E-state index in [1.54, 1.807) is 12.1 Å². The van der Waals surface area contributed by atoms with Gasteiger partial charge in [-0.1, -0.05) is 6.07 Å². The fourth-order valence-corrected chi connectivity index (χ4v) is 4.80. The summed E-state index contributed by atoms with van der Waals surface area (Å²) in [6.45, 7) is 2.28. The lowest BCUT2D eigenvalue weighted by Crippen LogP contribution is -2.38. The van der Waals surface area contributed by atoms with Gasteiger partial charge in [0, 0.05) is 37.8 Å². The number of hydrogen-bond acceptors (Lipinski definition) is 3. The molecule has 2 aromatic rings. The molecule has 7 heteroatoms. The predicted octanol–water partition coefficient (Wildman–Crippen LogP) is 3.93. The van der Waals surface area contributed by atoms with E-state index in [0.29, 0.717) is 17.5 Å². The van der Waals surface area contributed by atoms with Crippen molar-refractivity contribution in [2.75, 3.05) is 25.0 Å². The van der Waals surface area contributed by atoms with Gasteiger partial charge in [-0.3, -0.25) is 4.68 Å². The third-order valence-corrected chi connectivity index (χ3v) is 6.56. The number of nitrogens with zero attached hydrogens (tertiary/aromatic N) is 3. The Bertz CT molecular complexity index is 854. The molecule has 6 nitrogen and oxygen atoms in total. The highest BCUT2D eigenvalue weighted by Gasteiger charge is 2.45. The van der Waals surface area contributed by atoms with Crippen molar-refractivity contribution < 1.29 is 13.9 Å². The van der Waals surface area contributed by atoms with Crippen LogP contribution in [0.4, 0.5) is 14.9 Å². The van der Waals surface area contributed by atoms with Crippen LogP contribution in [-0.4, -0.2) is 46.5 Å². The van der Waals surface area contributed by atoms with Crippen molar-refractivity contribution in [2.45, 2.75) is 37.8 Å². The van der Waals surface area contributed by atoms with Gasteiger partial charge >= 0.3 is 6.03 Å². The van der Waals surface area contributed by atoms with Crippen LogP contribution in [0, 0.1) is 23.6 Å². The lowest BCUT2D eigenvalue weighted by molar-refractivity contribution is -0.0371. The molecule has 1 aromatic heterocycles. The minimum absolute atomic E-state index is 0.142. The Morgan fingerprint density at radius 1 is 1.21 bits per heavy atom. The third kappa shape index (κ3) is 4.15. The van der Waals surface area contributed by atoms with Gasteiger partial charge < -0.3 is 15.0 Å². The monoisotopic (exact) mass is 398 g/mol. The molecule has 154 valence electrons. The van der Waals surface area contributed by atoms with Crippen LogP contribution in [0.2, 0.25) is 0 Å². The number of anilines is 1. The second-order valence-electron chi connectivity index (χ2n) is 8.71. The Morgan fingerprint density at radius 2 is 2.03 bits per heavy atom. The highest BCUT2D eigenvalue weighted by Crippen LogP contribution is 2.43. The van der Waals surface area contributed by atoms with E-state index in [-0.39, 0.29) is 24.0 Å². The molecule has 2 heterocycles. The van der Waals surface area contributed by atoms with Crippen LogP contribution in [-0.2, 0) is 4.74 Å². The van der Waals surface area contributed by atoms with Gasteiger partial charge in [-0.15, -0.1) is 0 Å². The number of benzene rings is 1. The van der Waals surface area contributed by atoms with E-state index in [2.05, 4.69) is 10.4 Å².